The normalized spacial score (nSPS) is 11.1. The van der Waals surface area contributed by atoms with E-state index in [4.69, 9.17) is 11.6 Å². The van der Waals surface area contributed by atoms with E-state index in [0.717, 1.165) is 25.0 Å². The summed E-state index contributed by atoms with van der Waals surface area (Å²) in [6, 6.07) is 13.7. The predicted molar refractivity (Wildman–Crippen MR) is 81.1 cm³/mol. The minimum Gasteiger partial charge on any atom is -0.392 e. The zero-order chi connectivity index (χ0) is 13.2. The summed E-state index contributed by atoms with van der Waals surface area (Å²) in [5, 5.41) is 9.99. The van der Waals surface area contributed by atoms with Crippen molar-refractivity contribution < 1.29 is 5.11 Å². The zero-order valence-electron chi connectivity index (χ0n) is 9.84. The number of aromatic nitrogens is 1. The quantitative estimate of drug-likeness (QED) is 0.768. The van der Waals surface area contributed by atoms with Crippen LogP contribution < -0.4 is 0 Å². The molecule has 0 amide bonds. The van der Waals surface area contributed by atoms with Gasteiger partial charge in [-0.25, -0.2) is 4.98 Å². The molecule has 0 saturated heterocycles. The Morgan fingerprint density at radius 3 is 2.79 bits per heavy atom. The van der Waals surface area contributed by atoms with Gasteiger partial charge >= 0.3 is 0 Å². The Morgan fingerprint density at radius 2 is 2.00 bits per heavy atom. The van der Waals surface area contributed by atoms with Crippen LogP contribution in [0.2, 0.25) is 5.02 Å². The largest absolute Gasteiger partial charge is 0.392 e. The third-order valence-corrected chi connectivity index (χ3v) is 5.26. The van der Waals surface area contributed by atoms with Gasteiger partial charge in [-0.1, -0.05) is 41.6 Å². The third-order valence-electron chi connectivity index (χ3n) is 2.71. The summed E-state index contributed by atoms with van der Waals surface area (Å²) in [7, 11) is 0. The second-order valence-electron chi connectivity index (χ2n) is 3.92. The van der Waals surface area contributed by atoms with Crippen LogP contribution in [0.25, 0.3) is 10.2 Å². The minimum absolute atomic E-state index is 0.0626. The van der Waals surface area contributed by atoms with Crippen LogP contribution in [-0.2, 0) is 6.61 Å². The molecule has 0 atom stereocenters. The number of benzene rings is 2. The lowest BCUT2D eigenvalue weighted by Gasteiger charge is -2.06. The molecule has 5 heteroatoms. The van der Waals surface area contributed by atoms with Crippen molar-refractivity contribution in [2.75, 3.05) is 0 Å². The van der Waals surface area contributed by atoms with Crippen molar-refractivity contribution in [2.45, 2.75) is 15.8 Å². The van der Waals surface area contributed by atoms with Crippen molar-refractivity contribution in [2.24, 2.45) is 0 Å². The van der Waals surface area contributed by atoms with Gasteiger partial charge in [0, 0.05) is 15.5 Å². The summed E-state index contributed by atoms with van der Waals surface area (Å²) in [5.41, 5.74) is 1.76. The van der Waals surface area contributed by atoms with Crippen LogP contribution >= 0.6 is 34.7 Å². The van der Waals surface area contributed by atoms with Gasteiger partial charge in [-0.15, -0.1) is 11.3 Å². The van der Waals surface area contributed by atoms with Gasteiger partial charge in [-0.05, 0) is 24.3 Å². The van der Waals surface area contributed by atoms with Crippen molar-refractivity contribution >= 4 is 44.9 Å². The molecule has 2 nitrogen and oxygen atoms in total. The first-order valence-electron chi connectivity index (χ1n) is 5.69. The number of hydrogen-bond acceptors (Lipinski definition) is 4. The van der Waals surface area contributed by atoms with Crippen molar-refractivity contribution in [3.8, 4) is 0 Å². The zero-order valence-corrected chi connectivity index (χ0v) is 12.2. The number of thiazole rings is 1. The molecule has 3 rings (SSSR count). The van der Waals surface area contributed by atoms with Crippen LogP contribution in [0.15, 0.2) is 51.7 Å². The van der Waals surface area contributed by atoms with Crippen LogP contribution in [0.4, 0.5) is 0 Å². The Kier molecular flexibility index (Phi) is 3.75. The Labute approximate surface area is 124 Å². The van der Waals surface area contributed by atoms with E-state index >= 15 is 0 Å². The van der Waals surface area contributed by atoms with Gasteiger partial charge in [-0.2, -0.15) is 0 Å². The summed E-state index contributed by atoms with van der Waals surface area (Å²) in [4.78, 5) is 5.52. The molecule has 0 radical (unpaired) electrons. The first-order valence-corrected chi connectivity index (χ1v) is 7.70. The van der Waals surface area contributed by atoms with E-state index < -0.39 is 0 Å². The SMILES string of the molecule is OCc1c(Cl)cccc1Sc1nc2ccccc2s1. The average molecular weight is 308 g/mol. The minimum atomic E-state index is -0.0626. The molecule has 19 heavy (non-hydrogen) atoms. The van der Waals surface area contributed by atoms with Gasteiger partial charge in [-0.3, -0.25) is 0 Å². The molecule has 0 saturated carbocycles. The second-order valence-corrected chi connectivity index (χ2v) is 6.65. The van der Waals surface area contributed by atoms with Crippen molar-refractivity contribution in [1.29, 1.82) is 0 Å². The molecule has 0 aliphatic heterocycles. The van der Waals surface area contributed by atoms with Crippen molar-refractivity contribution in [3.63, 3.8) is 0 Å². The Hall–Kier alpha value is -1.07. The number of aliphatic hydroxyl groups is 1. The van der Waals surface area contributed by atoms with Crippen molar-refractivity contribution in [1.82, 2.24) is 4.98 Å². The maximum atomic E-state index is 9.40. The lowest BCUT2D eigenvalue weighted by molar-refractivity contribution is 0.279. The van der Waals surface area contributed by atoms with E-state index in [0.29, 0.717) is 5.02 Å². The second kappa shape index (κ2) is 5.51. The first-order chi connectivity index (χ1) is 9.28. The third kappa shape index (κ3) is 2.62. The fraction of sp³-hybridized carbons (Fsp3) is 0.0714. The predicted octanol–water partition coefficient (Wildman–Crippen LogP) is 4.59. The maximum absolute atomic E-state index is 9.40. The average Bonchev–Trinajstić information content (AvgIpc) is 2.81. The highest BCUT2D eigenvalue weighted by Crippen LogP contribution is 2.37. The molecule has 1 N–H and O–H groups in total. The highest BCUT2D eigenvalue weighted by molar-refractivity contribution is 8.01. The lowest BCUT2D eigenvalue weighted by atomic mass is 10.2. The van der Waals surface area contributed by atoms with Crippen LogP contribution in [0, 0.1) is 0 Å². The van der Waals surface area contributed by atoms with E-state index in [1.165, 1.54) is 0 Å². The van der Waals surface area contributed by atoms with Crippen LogP contribution in [0.1, 0.15) is 5.56 Å². The van der Waals surface area contributed by atoms with Gasteiger partial charge in [0.1, 0.15) is 0 Å². The van der Waals surface area contributed by atoms with Crippen LogP contribution in [-0.4, -0.2) is 10.1 Å². The number of nitrogens with zero attached hydrogens (tertiary/aromatic N) is 1. The summed E-state index contributed by atoms with van der Waals surface area (Å²) < 4.78 is 2.12. The standard InChI is InChI=1S/C14H10ClNOS2/c15-10-4-3-7-12(9(10)8-17)18-14-16-11-5-1-2-6-13(11)19-14/h1-7,17H,8H2. The molecule has 0 aliphatic carbocycles. The number of para-hydroxylation sites is 1. The molecule has 96 valence electrons. The van der Waals surface area contributed by atoms with E-state index in [1.54, 1.807) is 29.2 Å². The Bertz CT molecular complexity index is 693. The number of fused-ring (bicyclic) bond motifs is 1. The molecule has 0 bridgehead atoms. The Morgan fingerprint density at radius 1 is 1.16 bits per heavy atom. The van der Waals surface area contributed by atoms with Gasteiger partial charge in [0.2, 0.25) is 0 Å². The van der Waals surface area contributed by atoms with Gasteiger partial charge < -0.3 is 5.11 Å². The topological polar surface area (TPSA) is 33.1 Å². The summed E-state index contributed by atoms with van der Waals surface area (Å²) in [6.45, 7) is -0.0626. The fourth-order valence-electron chi connectivity index (χ4n) is 1.78. The molecule has 0 fully saturated rings. The lowest BCUT2D eigenvalue weighted by Crippen LogP contribution is -1.88. The first kappa shape index (κ1) is 12.9. The summed E-state index contributed by atoms with van der Waals surface area (Å²) in [5.74, 6) is 0. The molecule has 0 spiro atoms. The van der Waals surface area contributed by atoms with Crippen molar-refractivity contribution in [3.05, 3.63) is 53.1 Å². The van der Waals surface area contributed by atoms with E-state index in [9.17, 15) is 5.11 Å². The molecule has 1 heterocycles. The molecule has 0 unspecified atom stereocenters. The molecule has 3 aromatic rings. The Balaban J connectivity index is 1.99. The van der Waals surface area contributed by atoms with Gasteiger partial charge in [0.05, 0.1) is 16.8 Å². The van der Waals surface area contributed by atoms with E-state index in [-0.39, 0.29) is 6.61 Å². The number of halogens is 1. The van der Waals surface area contributed by atoms with Gasteiger partial charge in [0.25, 0.3) is 0 Å². The summed E-state index contributed by atoms with van der Waals surface area (Å²) in [6.07, 6.45) is 0. The number of rotatable bonds is 3. The van der Waals surface area contributed by atoms with Gasteiger partial charge in [0.15, 0.2) is 4.34 Å². The molecular formula is C14H10ClNOS2. The molecule has 1 aromatic heterocycles. The molecule has 2 aromatic carbocycles. The number of hydrogen-bond donors (Lipinski definition) is 1. The fourth-order valence-corrected chi connectivity index (χ4v) is 4.25. The smallest absolute Gasteiger partial charge is 0.155 e. The van der Waals surface area contributed by atoms with Crippen LogP contribution in [0.3, 0.4) is 0 Å². The maximum Gasteiger partial charge on any atom is 0.155 e. The highest BCUT2D eigenvalue weighted by atomic mass is 35.5. The molecular weight excluding hydrogens is 298 g/mol. The summed E-state index contributed by atoms with van der Waals surface area (Å²) >= 11 is 9.27. The van der Waals surface area contributed by atoms with E-state index in [1.807, 2.05) is 30.3 Å². The van der Waals surface area contributed by atoms with E-state index in [2.05, 4.69) is 11.1 Å². The number of aliphatic hydroxyl groups excluding tert-OH is 1. The van der Waals surface area contributed by atoms with Crippen LogP contribution in [0.5, 0.6) is 0 Å². The highest BCUT2D eigenvalue weighted by Gasteiger charge is 2.10. The molecule has 0 aliphatic rings. The monoisotopic (exact) mass is 307 g/mol.